The summed E-state index contributed by atoms with van der Waals surface area (Å²) in [5.41, 5.74) is 5.08. The minimum atomic E-state index is -1.08. The van der Waals surface area contributed by atoms with Gasteiger partial charge in [0.15, 0.2) is 0 Å². The maximum atomic E-state index is 12.1. The van der Waals surface area contributed by atoms with E-state index in [4.69, 9.17) is 10.8 Å². The van der Waals surface area contributed by atoms with Gasteiger partial charge in [-0.1, -0.05) is 0 Å². The molecule has 0 spiro atoms. The van der Waals surface area contributed by atoms with Gasteiger partial charge in [0, 0.05) is 6.04 Å². The first-order valence-electron chi connectivity index (χ1n) is 5.25. The minimum Gasteiger partial charge on any atom is -0.477 e. The Balaban J connectivity index is 2.94. The molecule has 1 heterocycles. The van der Waals surface area contributed by atoms with Gasteiger partial charge in [-0.15, -0.1) is 11.3 Å². The summed E-state index contributed by atoms with van der Waals surface area (Å²) in [6, 6.07) is 2.61. The van der Waals surface area contributed by atoms with Crippen LogP contribution in [0.5, 0.6) is 0 Å². The molecule has 0 saturated carbocycles. The molecule has 0 aliphatic heterocycles. The number of carbonyl (C=O) groups is 3. The molecule has 0 atom stereocenters. The number of carboxylic acid groups (broad SMARTS) is 1. The van der Waals surface area contributed by atoms with Crippen molar-refractivity contribution in [3.63, 3.8) is 0 Å². The molecule has 0 unspecified atom stereocenters. The number of hydrogen-bond donors (Lipinski definition) is 2. The Bertz CT molecular complexity index is 481. The van der Waals surface area contributed by atoms with Crippen molar-refractivity contribution in [2.45, 2.75) is 19.9 Å². The third-order valence-electron chi connectivity index (χ3n) is 2.24. The van der Waals surface area contributed by atoms with Crippen molar-refractivity contribution in [2.24, 2.45) is 5.73 Å². The van der Waals surface area contributed by atoms with E-state index in [1.165, 1.54) is 17.0 Å². The summed E-state index contributed by atoms with van der Waals surface area (Å²) < 4.78 is 0. The highest BCUT2D eigenvalue weighted by Gasteiger charge is 2.22. The van der Waals surface area contributed by atoms with Gasteiger partial charge in [-0.05, 0) is 26.0 Å². The largest absolute Gasteiger partial charge is 0.477 e. The topological polar surface area (TPSA) is 101 Å². The second kappa shape index (κ2) is 5.63. The summed E-state index contributed by atoms with van der Waals surface area (Å²) in [6.07, 6.45) is 0. The van der Waals surface area contributed by atoms with Gasteiger partial charge in [0.25, 0.3) is 5.91 Å². The van der Waals surface area contributed by atoms with Crippen molar-refractivity contribution in [1.29, 1.82) is 0 Å². The van der Waals surface area contributed by atoms with Crippen molar-refractivity contribution < 1.29 is 19.5 Å². The van der Waals surface area contributed by atoms with Crippen LogP contribution < -0.4 is 5.73 Å². The lowest BCUT2D eigenvalue weighted by molar-refractivity contribution is -0.119. The van der Waals surface area contributed by atoms with Crippen LogP contribution in [-0.2, 0) is 4.79 Å². The number of carbonyl (C=O) groups excluding carboxylic acids is 2. The summed E-state index contributed by atoms with van der Waals surface area (Å²) in [5, 5.41) is 8.78. The van der Waals surface area contributed by atoms with E-state index < -0.39 is 11.9 Å². The van der Waals surface area contributed by atoms with Gasteiger partial charge in [-0.2, -0.15) is 0 Å². The Morgan fingerprint density at radius 1 is 1.33 bits per heavy atom. The van der Waals surface area contributed by atoms with Crippen molar-refractivity contribution in [3.05, 3.63) is 21.9 Å². The lowest BCUT2D eigenvalue weighted by Gasteiger charge is -2.24. The fourth-order valence-corrected chi connectivity index (χ4v) is 2.17. The third-order valence-corrected chi connectivity index (χ3v) is 3.30. The predicted octanol–water partition coefficient (Wildman–Crippen LogP) is 0.782. The molecule has 6 nitrogen and oxygen atoms in total. The summed E-state index contributed by atoms with van der Waals surface area (Å²) in [5.74, 6) is -2.07. The number of nitrogens with zero attached hydrogens (tertiary/aromatic N) is 1. The molecule has 3 N–H and O–H groups in total. The summed E-state index contributed by atoms with van der Waals surface area (Å²) in [6.45, 7) is 3.33. The third kappa shape index (κ3) is 3.30. The molecule has 0 aliphatic rings. The summed E-state index contributed by atoms with van der Waals surface area (Å²) >= 11 is 0.879. The number of rotatable bonds is 5. The van der Waals surface area contributed by atoms with Crippen LogP contribution >= 0.6 is 11.3 Å². The van der Waals surface area contributed by atoms with E-state index in [0.717, 1.165) is 11.3 Å². The number of amides is 2. The van der Waals surface area contributed by atoms with Crippen molar-refractivity contribution >= 4 is 29.1 Å². The number of aromatic carboxylic acids is 1. The average Bonchev–Trinajstić information content (AvgIpc) is 2.73. The Morgan fingerprint density at radius 2 is 1.89 bits per heavy atom. The van der Waals surface area contributed by atoms with Gasteiger partial charge in [0.1, 0.15) is 4.88 Å². The van der Waals surface area contributed by atoms with Crippen LogP contribution in [0, 0.1) is 0 Å². The number of carboxylic acids is 1. The molecule has 7 heteroatoms. The van der Waals surface area contributed by atoms with Crippen molar-refractivity contribution in [3.8, 4) is 0 Å². The number of thiophene rings is 1. The van der Waals surface area contributed by atoms with Gasteiger partial charge in [-0.25, -0.2) is 4.79 Å². The van der Waals surface area contributed by atoms with Crippen LogP contribution in [0.1, 0.15) is 33.2 Å². The van der Waals surface area contributed by atoms with E-state index in [9.17, 15) is 14.4 Å². The standard InChI is InChI=1S/C11H14N2O4S/c1-6(2)13(5-9(12)14)10(15)7-3-4-8(18-7)11(16)17/h3-4,6H,5H2,1-2H3,(H2,12,14)(H,16,17). The first-order valence-corrected chi connectivity index (χ1v) is 6.07. The van der Waals surface area contributed by atoms with E-state index in [2.05, 4.69) is 0 Å². The molecule has 18 heavy (non-hydrogen) atoms. The molecule has 1 aromatic rings. The predicted molar refractivity (Wildman–Crippen MR) is 66.6 cm³/mol. The van der Waals surface area contributed by atoms with Gasteiger partial charge in [0.2, 0.25) is 5.91 Å². The Kier molecular flexibility index (Phi) is 4.43. The average molecular weight is 270 g/mol. The molecule has 0 radical (unpaired) electrons. The number of primary amides is 1. The SMILES string of the molecule is CC(C)N(CC(N)=O)C(=O)c1ccc(C(=O)O)s1. The summed E-state index contributed by atoms with van der Waals surface area (Å²) in [4.78, 5) is 35.4. The number of nitrogens with two attached hydrogens (primary N) is 1. The van der Waals surface area contributed by atoms with Crippen LogP contribution in [0.2, 0.25) is 0 Å². The molecule has 0 aromatic carbocycles. The fraction of sp³-hybridized carbons (Fsp3) is 0.364. The lowest BCUT2D eigenvalue weighted by Crippen LogP contribution is -2.42. The van der Waals surface area contributed by atoms with Crippen LogP contribution in [0.25, 0.3) is 0 Å². The highest BCUT2D eigenvalue weighted by atomic mass is 32.1. The molecular formula is C11H14N2O4S. The van der Waals surface area contributed by atoms with Crippen molar-refractivity contribution in [2.75, 3.05) is 6.54 Å². The second-order valence-electron chi connectivity index (χ2n) is 3.96. The van der Waals surface area contributed by atoms with E-state index >= 15 is 0 Å². The Hall–Kier alpha value is -1.89. The first-order chi connectivity index (χ1) is 8.32. The molecule has 0 aliphatic carbocycles. The maximum Gasteiger partial charge on any atom is 0.345 e. The van der Waals surface area contributed by atoms with Gasteiger partial charge in [0.05, 0.1) is 11.4 Å². The van der Waals surface area contributed by atoms with Crippen LogP contribution in [0.4, 0.5) is 0 Å². The van der Waals surface area contributed by atoms with Gasteiger partial charge >= 0.3 is 5.97 Å². The quantitative estimate of drug-likeness (QED) is 0.825. The Morgan fingerprint density at radius 3 is 2.28 bits per heavy atom. The summed E-state index contributed by atoms with van der Waals surface area (Å²) in [7, 11) is 0. The molecular weight excluding hydrogens is 256 g/mol. The second-order valence-corrected chi connectivity index (χ2v) is 5.05. The van der Waals surface area contributed by atoms with Gasteiger partial charge in [-0.3, -0.25) is 9.59 Å². The zero-order valence-electron chi connectivity index (χ0n) is 10.0. The van der Waals surface area contributed by atoms with Gasteiger partial charge < -0.3 is 15.7 Å². The van der Waals surface area contributed by atoms with Crippen molar-refractivity contribution in [1.82, 2.24) is 4.90 Å². The smallest absolute Gasteiger partial charge is 0.345 e. The van der Waals surface area contributed by atoms with E-state index in [-0.39, 0.29) is 28.2 Å². The fourth-order valence-electron chi connectivity index (χ4n) is 1.37. The number of hydrogen-bond acceptors (Lipinski definition) is 4. The molecule has 1 aromatic heterocycles. The lowest BCUT2D eigenvalue weighted by atomic mass is 10.3. The zero-order chi connectivity index (χ0) is 13.9. The van der Waals surface area contributed by atoms with E-state index in [0.29, 0.717) is 0 Å². The van der Waals surface area contributed by atoms with Crippen LogP contribution in [0.15, 0.2) is 12.1 Å². The van der Waals surface area contributed by atoms with Crippen LogP contribution in [-0.4, -0.2) is 40.4 Å². The highest BCUT2D eigenvalue weighted by molar-refractivity contribution is 7.15. The molecule has 0 bridgehead atoms. The Labute approximate surface area is 108 Å². The maximum absolute atomic E-state index is 12.1. The first kappa shape index (κ1) is 14.2. The molecule has 2 amide bonds. The zero-order valence-corrected chi connectivity index (χ0v) is 10.9. The molecule has 0 fully saturated rings. The molecule has 1 rings (SSSR count). The minimum absolute atomic E-state index is 0.0844. The highest BCUT2D eigenvalue weighted by Crippen LogP contribution is 2.19. The molecule has 98 valence electrons. The van der Waals surface area contributed by atoms with E-state index in [1.807, 2.05) is 0 Å². The molecule has 0 saturated heterocycles. The van der Waals surface area contributed by atoms with Crippen LogP contribution in [0.3, 0.4) is 0 Å². The monoisotopic (exact) mass is 270 g/mol. The van der Waals surface area contributed by atoms with E-state index in [1.54, 1.807) is 13.8 Å². The normalized spacial score (nSPS) is 10.4.